The van der Waals surface area contributed by atoms with E-state index >= 15 is 0 Å². The molecule has 2 aliphatic rings. The van der Waals surface area contributed by atoms with E-state index < -0.39 is 0 Å². The van der Waals surface area contributed by atoms with Crippen LogP contribution in [0.25, 0.3) is 0 Å². The normalized spacial score (nSPS) is 21.6. The summed E-state index contributed by atoms with van der Waals surface area (Å²) in [4.78, 5) is 14.7. The molecule has 1 amide bonds. The van der Waals surface area contributed by atoms with Crippen LogP contribution in [0.2, 0.25) is 0 Å². The van der Waals surface area contributed by atoms with Crippen LogP contribution in [0.15, 0.2) is 36.5 Å². The van der Waals surface area contributed by atoms with Crippen molar-refractivity contribution in [3.8, 4) is 0 Å². The Morgan fingerprint density at radius 3 is 2.76 bits per heavy atom. The van der Waals surface area contributed by atoms with E-state index in [1.807, 2.05) is 21.8 Å². The Labute approximate surface area is 148 Å². The quantitative estimate of drug-likeness (QED) is 0.924. The number of piperidine rings is 1. The van der Waals surface area contributed by atoms with E-state index in [2.05, 4.69) is 39.9 Å². The molecule has 0 unspecified atom stereocenters. The molecule has 1 aromatic carbocycles. The number of carbonyl (C=O) groups excluding carboxylic acids is 1. The molecule has 6 heteroatoms. The maximum absolute atomic E-state index is 12.7. The van der Waals surface area contributed by atoms with Crippen molar-refractivity contribution in [1.29, 1.82) is 0 Å². The second-order valence-corrected chi connectivity index (χ2v) is 7.16. The highest BCUT2D eigenvalue weighted by atomic mass is 16.2. The first-order chi connectivity index (χ1) is 12.3. The molecule has 6 nitrogen and oxygen atoms in total. The van der Waals surface area contributed by atoms with E-state index in [9.17, 15) is 4.79 Å². The predicted molar refractivity (Wildman–Crippen MR) is 95.3 cm³/mol. The Morgan fingerprint density at radius 2 is 1.96 bits per heavy atom. The summed E-state index contributed by atoms with van der Waals surface area (Å²) in [7, 11) is 0. The fourth-order valence-electron chi connectivity index (χ4n) is 3.92. The van der Waals surface area contributed by atoms with E-state index in [0.29, 0.717) is 17.7 Å². The minimum absolute atomic E-state index is 0.0238. The lowest BCUT2D eigenvalue weighted by atomic mass is 9.99. The summed E-state index contributed by atoms with van der Waals surface area (Å²) in [5, 5.41) is 11.7. The number of hydrogen-bond donors (Lipinski definition) is 1. The molecule has 0 bridgehead atoms. The number of benzene rings is 1. The van der Waals surface area contributed by atoms with Crippen molar-refractivity contribution in [1.82, 2.24) is 25.2 Å². The van der Waals surface area contributed by atoms with Crippen LogP contribution in [0.3, 0.4) is 0 Å². The van der Waals surface area contributed by atoms with Crippen molar-refractivity contribution in [2.24, 2.45) is 5.92 Å². The van der Waals surface area contributed by atoms with Gasteiger partial charge in [0.05, 0.1) is 12.2 Å². The molecule has 0 saturated carbocycles. The van der Waals surface area contributed by atoms with Crippen LogP contribution in [-0.2, 0) is 6.42 Å². The minimum Gasteiger partial charge on any atom is -0.337 e. The zero-order chi connectivity index (χ0) is 17.1. The Morgan fingerprint density at radius 1 is 1.16 bits per heavy atom. The predicted octanol–water partition coefficient (Wildman–Crippen LogP) is 1.91. The zero-order valence-corrected chi connectivity index (χ0v) is 14.5. The van der Waals surface area contributed by atoms with Crippen molar-refractivity contribution < 1.29 is 4.79 Å². The van der Waals surface area contributed by atoms with Gasteiger partial charge in [-0.2, -0.15) is 0 Å². The Balaban J connectivity index is 1.36. The fraction of sp³-hybridized carbons (Fsp3) is 0.526. The maximum atomic E-state index is 12.7. The second-order valence-electron chi connectivity index (χ2n) is 7.16. The molecule has 0 aliphatic carbocycles. The standard InChI is InChI=1S/C19H25N5O/c25-19(18-14-24(22-21-18)17-6-9-20-10-7-17)23-11-8-16(13-23)12-15-4-2-1-3-5-15/h1-5,14,16-17,20H,6-13H2/t16-/m0/s1. The molecule has 0 spiro atoms. The summed E-state index contributed by atoms with van der Waals surface area (Å²) in [6, 6.07) is 10.9. The first kappa shape index (κ1) is 16.3. The number of hydrogen-bond acceptors (Lipinski definition) is 4. The molecule has 2 aromatic rings. The number of likely N-dealkylation sites (tertiary alicyclic amines) is 1. The van der Waals surface area contributed by atoms with E-state index in [0.717, 1.165) is 51.9 Å². The maximum Gasteiger partial charge on any atom is 0.276 e. The molecule has 4 rings (SSSR count). The van der Waals surface area contributed by atoms with Gasteiger partial charge in [0.25, 0.3) is 5.91 Å². The smallest absolute Gasteiger partial charge is 0.276 e. The van der Waals surface area contributed by atoms with Crippen molar-refractivity contribution in [2.45, 2.75) is 31.7 Å². The van der Waals surface area contributed by atoms with Gasteiger partial charge in [0, 0.05) is 13.1 Å². The first-order valence-corrected chi connectivity index (χ1v) is 9.25. The van der Waals surface area contributed by atoms with Gasteiger partial charge in [-0.1, -0.05) is 35.5 Å². The molecule has 2 saturated heterocycles. The van der Waals surface area contributed by atoms with Gasteiger partial charge in [-0.05, 0) is 50.3 Å². The highest BCUT2D eigenvalue weighted by Crippen LogP contribution is 2.23. The molecule has 2 aliphatic heterocycles. The fourth-order valence-corrected chi connectivity index (χ4v) is 3.92. The molecule has 1 atom stereocenters. The molecule has 0 radical (unpaired) electrons. The summed E-state index contributed by atoms with van der Waals surface area (Å²) in [6.07, 6.45) is 6.01. The average molecular weight is 339 g/mol. The van der Waals surface area contributed by atoms with Gasteiger partial charge < -0.3 is 10.2 Å². The van der Waals surface area contributed by atoms with Gasteiger partial charge in [-0.15, -0.1) is 5.10 Å². The number of nitrogens with one attached hydrogen (secondary N) is 1. The van der Waals surface area contributed by atoms with Crippen molar-refractivity contribution >= 4 is 5.91 Å². The lowest BCUT2D eigenvalue weighted by Gasteiger charge is -2.22. The Bertz CT molecular complexity index is 708. The van der Waals surface area contributed by atoms with Crippen molar-refractivity contribution in [3.63, 3.8) is 0 Å². The number of aromatic nitrogens is 3. The summed E-state index contributed by atoms with van der Waals surface area (Å²) >= 11 is 0. The Hall–Kier alpha value is -2.21. The zero-order valence-electron chi connectivity index (χ0n) is 14.5. The molecule has 2 fully saturated rings. The molecular weight excluding hydrogens is 314 g/mol. The van der Waals surface area contributed by atoms with Crippen LogP contribution in [0.5, 0.6) is 0 Å². The molecule has 132 valence electrons. The summed E-state index contributed by atoms with van der Waals surface area (Å²) in [5.41, 5.74) is 1.83. The van der Waals surface area contributed by atoms with Gasteiger partial charge in [-0.25, -0.2) is 4.68 Å². The largest absolute Gasteiger partial charge is 0.337 e. The number of amides is 1. The van der Waals surface area contributed by atoms with Gasteiger partial charge in [0.2, 0.25) is 0 Å². The SMILES string of the molecule is O=C(c1cn(C2CCNCC2)nn1)N1CC[C@@H](Cc2ccccc2)C1. The first-order valence-electron chi connectivity index (χ1n) is 9.25. The van der Waals surface area contributed by atoms with Crippen molar-refractivity contribution in [2.75, 3.05) is 26.2 Å². The molecule has 3 heterocycles. The van der Waals surface area contributed by atoms with E-state index in [-0.39, 0.29) is 5.91 Å². The topological polar surface area (TPSA) is 63.1 Å². The van der Waals surface area contributed by atoms with E-state index in [1.54, 1.807) is 0 Å². The summed E-state index contributed by atoms with van der Waals surface area (Å²) < 4.78 is 1.88. The molecule has 1 aromatic heterocycles. The average Bonchev–Trinajstić information content (AvgIpc) is 3.33. The highest BCUT2D eigenvalue weighted by Gasteiger charge is 2.29. The van der Waals surface area contributed by atoms with Gasteiger partial charge in [0.15, 0.2) is 5.69 Å². The van der Waals surface area contributed by atoms with Gasteiger partial charge in [-0.3, -0.25) is 4.79 Å². The third kappa shape index (κ3) is 3.74. The lowest BCUT2D eigenvalue weighted by Crippen LogP contribution is -2.30. The van der Waals surface area contributed by atoms with Crippen molar-refractivity contribution in [3.05, 3.63) is 47.8 Å². The third-order valence-electron chi connectivity index (χ3n) is 5.35. The van der Waals surface area contributed by atoms with Crippen LogP contribution in [0, 0.1) is 5.92 Å². The van der Waals surface area contributed by atoms with E-state index in [1.165, 1.54) is 5.56 Å². The number of nitrogens with zero attached hydrogens (tertiary/aromatic N) is 4. The Kier molecular flexibility index (Phi) is 4.78. The molecule has 1 N–H and O–H groups in total. The van der Waals surface area contributed by atoms with Crippen LogP contribution >= 0.6 is 0 Å². The summed E-state index contributed by atoms with van der Waals surface area (Å²) in [6.45, 7) is 3.63. The van der Waals surface area contributed by atoms with Crippen LogP contribution in [-0.4, -0.2) is 52.0 Å². The number of rotatable bonds is 4. The van der Waals surface area contributed by atoms with Gasteiger partial charge in [0.1, 0.15) is 0 Å². The lowest BCUT2D eigenvalue weighted by molar-refractivity contribution is 0.0781. The van der Waals surface area contributed by atoms with E-state index in [4.69, 9.17) is 0 Å². The molecular formula is C19H25N5O. The third-order valence-corrected chi connectivity index (χ3v) is 5.35. The van der Waals surface area contributed by atoms with Crippen LogP contribution in [0.4, 0.5) is 0 Å². The molecule has 25 heavy (non-hydrogen) atoms. The minimum atomic E-state index is 0.0238. The van der Waals surface area contributed by atoms with Crippen LogP contribution < -0.4 is 5.32 Å². The van der Waals surface area contributed by atoms with Crippen LogP contribution in [0.1, 0.15) is 41.4 Å². The second kappa shape index (κ2) is 7.35. The van der Waals surface area contributed by atoms with Gasteiger partial charge >= 0.3 is 0 Å². The highest BCUT2D eigenvalue weighted by molar-refractivity contribution is 5.92. The summed E-state index contributed by atoms with van der Waals surface area (Å²) in [5.74, 6) is 0.557. The number of carbonyl (C=O) groups is 1. The monoisotopic (exact) mass is 339 g/mol.